The number of ether oxygens (including phenoxy) is 1. The number of non-ortho nitro benzene ring substituents is 1. The lowest BCUT2D eigenvalue weighted by Crippen LogP contribution is -2.12. The number of hydrogen-bond donors (Lipinski definition) is 1. The zero-order valence-electron chi connectivity index (χ0n) is 14.2. The maximum Gasteiger partial charge on any atom is 0.271 e. The Morgan fingerprint density at radius 2 is 1.58 bits per heavy atom. The van der Waals surface area contributed by atoms with Crippen LogP contribution in [0.25, 0.3) is 0 Å². The maximum absolute atomic E-state index is 11.0. The summed E-state index contributed by atoms with van der Waals surface area (Å²) in [4.78, 5) is 10.6. The summed E-state index contributed by atoms with van der Waals surface area (Å²) in [6, 6.07) is 24.1. The molecule has 0 spiro atoms. The van der Waals surface area contributed by atoms with E-state index in [0.29, 0.717) is 5.69 Å². The van der Waals surface area contributed by atoms with Gasteiger partial charge in [0.2, 0.25) is 0 Å². The van der Waals surface area contributed by atoms with Crippen LogP contribution in [-0.2, 0) is 0 Å². The number of nitro benzene ring substituents is 1. The smallest absolute Gasteiger partial charge is 0.271 e. The van der Waals surface area contributed by atoms with Crippen LogP contribution >= 0.6 is 12.4 Å². The quantitative estimate of drug-likeness (QED) is 0.477. The van der Waals surface area contributed by atoms with Crippen LogP contribution in [0, 0.1) is 10.1 Å². The maximum atomic E-state index is 11.0. The molecule has 134 valence electrons. The minimum atomic E-state index is -0.393. The molecular formula is C20H19ClN2O3. The van der Waals surface area contributed by atoms with Gasteiger partial charge in [0, 0.05) is 17.8 Å². The van der Waals surface area contributed by atoms with Crippen molar-refractivity contribution in [3.05, 3.63) is 100 Å². The third-order valence-corrected chi connectivity index (χ3v) is 3.95. The second-order valence-electron chi connectivity index (χ2n) is 5.57. The minimum Gasteiger partial charge on any atom is -0.497 e. The Bertz CT molecular complexity index is 854. The Hall–Kier alpha value is -3.05. The van der Waals surface area contributed by atoms with Gasteiger partial charge in [-0.1, -0.05) is 48.5 Å². The van der Waals surface area contributed by atoms with Crippen LogP contribution in [0.4, 0.5) is 11.4 Å². The number of hydrogen-bond acceptors (Lipinski definition) is 4. The Morgan fingerprint density at radius 1 is 0.923 bits per heavy atom. The molecule has 1 unspecified atom stereocenters. The molecule has 6 heteroatoms. The monoisotopic (exact) mass is 370 g/mol. The Morgan fingerprint density at radius 3 is 2.19 bits per heavy atom. The van der Waals surface area contributed by atoms with Crippen molar-refractivity contribution in [3.8, 4) is 5.75 Å². The molecule has 0 saturated heterocycles. The summed E-state index contributed by atoms with van der Waals surface area (Å²) in [7, 11) is 1.63. The average molecular weight is 371 g/mol. The van der Waals surface area contributed by atoms with Gasteiger partial charge in [-0.2, -0.15) is 0 Å². The molecule has 3 rings (SSSR count). The molecule has 26 heavy (non-hydrogen) atoms. The van der Waals surface area contributed by atoms with E-state index in [0.717, 1.165) is 16.9 Å². The SMILES string of the molecule is COc1ccc(C(Nc2cccc([N+](=O)[O-])c2)c2ccccc2)cc1.Cl. The summed E-state index contributed by atoms with van der Waals surface area (Å²) in [5, 5.41) is 14.4. The first-order chi connectivity index (χ1) is 12.2. The fourth-order valence-electron chi connectivity index (χ4n) is 2.68. The fourth-order valence-corrected chi connectivity index (χ4v) is 2.68. The van der Waals surface area contributed by atoms with E-state index < -0.39 is 4.92 Å². The van der Waals surface area contributed by atoms with Gasteiger partial charge in [-0.15, -0.1) is 12.4 Å². The van der Waals surface area contributed by atoms with Gasteiger partial charge in [0.1, 0.15) is 5.75 Å². The standard InChI is InChI=1S/C20H18N2O3.ClH/c1-25-19-12-10-16(11-13-19)20(15-6-3-2-4-7-15)21-17-8-5-9-18(14-17)22(23)24;/h2-14,20-21H,1H3;1H. The fraction of sp³-hybridized carbons (Fsp3) is 0.100. The zero-order chi connectivity index (χ0) is 17.6. The molecule has 3 aromatic rings. The van der Waals surface area contributed by atoms with Crippen LogP contribution in [-0.4, -0.2) is 12.0 Å². The molecule has 5 nitrogen and oxygen atoms in total. The highest BCUT2D eigenvalue weighted by atomic mass is 35.5. The van der Waals surface area contributed by atoms with Crippen molar-refractivity contribution < 1.29 is 9.66 Å². The van der Waals surface area contributed by atoms with Gasteiger partial charge >= 0.3 is 0 Å². The topological polar surface area (TPSA) is 64.4 Å². The molecule has 1 atom stereocenters. The molecule has 0 aliphatic heterocycles. The third-order valence-electron chi connectivity index (χ3n) is 3.95. The van der Waals surface area contributed by atoms with E-state index in [2.05, 4.69) is 5.32 Å². The summed E-state index contributed by atoms with van der Waals surface area (Å²) in [6.45, 7) is 0. The van der Waals surface area contributed by atoms with Crippen molar-refractivity contribution in [2.75, 3.05) is 12.4 Å². The first kappa shape index (κ1) is 19.3. The first-order valence-electron chi connectivity index (χ1n) is 7.87. The lowest BCUT2D eigenvalue weighted by Gasteiger charge is -2.21. The van der Waals surface area contributed by atoms with Gasteiger partial charge in [0.05, 0.1) is 18.1 Å². The molecule has 0 saturated carbocycles. The number of nitrogens with zero attached hydrogens (tertiary/aromatic N) is 1. The largest absolute Gasteiger partial charge is 0.497 e. The van der Waals surface area contributed by atoms with Crippen molar-refractivity contribution in [1.82, 2.24) is 0 Å². The van der Waals surface area contributed by atoms with Gasteiger partial charge in [-0.3, -0.25) is 10.1 Å². The van der Waals surface area contributed by atoms with Crippen molar-refractivity contribution in [1.29, 1.82) is 0 Å². The van der Waals surface area contributed by atoms with Crippen LogP contribution in [0.2, 0.25) is 0 Å². The predicted octanol–water partition coefficient (Wildman–Crippen LogP) is 5.23. The highest BCUT2D eigenvalue weighted by Gasteiger charge is 2.15. The number of halogens is 1. The van der Waals surface area contributed by atoms with E-state index in [9.17, 15) is 10.1 Å². The van der Waals surface area contributed by atoms with E-state index >= 15 is 0 Å². The normalized spacial score (nSPS) is 11.1. The summed E-state index contributed by atoms with van der Waals surface area (Å²) < 4.78 is 5.22. The van der Waals surface area contributed by atoms with Gasteiger partial charge in [-0.25, -0.2) is 0 Å². The van der Waals surface area contributed by atoms with Crippen molar-refractivity contribution in [2.45, 2.75) is 6.04 Å². The minimum absolute atomic E-state index is 0. The molecule has 0 bridgehead atoms. The second-order valence-corrected chi connectivity index (χ2v) is 5.57. The van der Waals surface area contributed by atoms with Gasteiger partial charge in [-0.05, 0) is 29.3 Å². The number of benzene rings is 3. The Kier molecular flexibility index (Phi) is 6.58. The molecule has 3 aromatic carbocycles. The molecule has 0 radical (unpaired) electrons. The van der Waals surface area contributed by atoms with Crippen molar-refractivity contribution in [2.24, 2.45) is 0 Å². The van der Waals surface area contributed by atoms with Gasteiger partial charge in [0.15, 0.2) is 0 Å². The zero-order valence-corrected chi connectivity index (χ0v) is 15.0. The number of anilines is 1. The third kappa shape index (κ3) is 4.52. The van der Waals surface area contributed by atoms with E-state index in [-0.39, 0.29) is 24.1 Å². The Labute approximate surface area is 158 Å². The summed E-state index contributed by atoms with van der Waals surface area (Å²) in [5.41, 5.74) is 2.86. The molecule has 1 N–H and O–H groups in total. The number of nitro groups is 1. The van der Waals surface area contributed by atoms with E-state index in [1.807, 2.05) is 60.7 Å². The van der Waals surface area contributed by atoms with Crippen molar-refractivity contribution >= 4 is 23.8 Å². The lowest BCUT2D eigenvalue weighted by molar-refractivity contribution is -0.384. The first-order valence-corrected chi connectivity index (χ1v) is 7.87. The number of methoxy groups -OCH3 is 1. The van der Waals surface area contributed by atoms with Gasteiger partial charge < -0.3 is 10.1 Å². The predicted molar refractivity (Wildman–Crippen MR) is 105 cm³/mol. The van der Waals surface area contributed by atoms with Crippen LogP contribution in [0.3, 0.4) is 0 Å². The molecule has 0 aromatic heterocycles. The average Bonchev–Trinajstić information content (AvgIpc) is 2.67. The lowest BCUT2D eigenvalue weighted by atomic mass is 9.98. The van der Waals surface area contributed by atoms with E-state index in [1.54, 1.807) is 19.2 Å². The van der Waals surface area contributed by atoms with Gasteiger partial charge in [0.25, 0.3) is 5.69 Å². The Balaban J connectivity index is 0.00000243. The molecule has 0 aliphatic rings. The highest BCUT2D eigenvalue weighted by molar-refractivity contribution is 5.85. The van der Waals surface area contributed by atoms with E-state index in [4.69, 9.17) is 4.74 Å². The van der Waals surface area contributed by atoms with Crippen LogP contribution in [0.1, 0.15) is 17.2 Å². The molecular weight excluding hydrogens is 352 g/mol. The molecule has 0 amide bonds. The summed E-state index contributed by atoms with van der Waals surface area (Å²) in [5.74, 6) is 0.783. The summed E-state index contributed by atoms with van der Waals surface area (Å²) >= 11 is 0. The molecule has 0 heterocycles. The molecule has 0 fully saturated rings. The number of rotatable bonds is 6. The second kappa shape index (κ2) is 8.87. The highest BCUT2D eigenvalue weighted by Crippen LogP contribution is 2.29. The van der Waals surface area contributed by atoms with Crippen molar-refractivity contribution in [3.63, 3.8) is 0 Å². The van der Waals surface area contributed by atoms with Crippen LogP contribution < -0.4 is 10.1 Å². The van der Waals surface area contributed by atoms with Crippen LogP contribution in [0.5, 0.6) is 5.75 Å². The van der Waals surface area contributed by atoms with Crippen LogP contribution in [0.15, 0.2) is 78.9 Å². The van der Waals surface area contributed by atoms with E-state index in [1.165, 1.54) is 6.07 Å². The molecule has 0 aliphatic carbocycles. The number of nitrogens with one attached hydrogen (secondary N) is 1. The summed E-state index contributed by atoms with van der Waals surface area (Å²) in [6.07, 6.45) is 0.